The smallest absolute Gasteiger partial charge is 0.331 e. The van der Waals surface area contributed by atoms with Crippen LogP contribution >= 0.6 is 0 Å². The van der Waals surface area contributed by atoms with Gasteiger partial charge in [0.25, 0.3) is 0 Å². The summed E-state index contributed by atoms with van der Waals surface area (Å²) in [7, 11) is 0. The first-order valence-corrected chi connectivity index (χ1v) is 7.38. The molecule has 2 atom stereocenters. The zero-order valence-corrected chi connectivity index (χ0v) is 12.8. The van der Waals surface area contributed by atoms with Crippen LogP contribution < -0.4 is 0 Å². The van der Waals surface area contributed by atoms with Gasteiger partial charge in [0.05, 0.1) is 13.2 Å². The number of esters is 1. The lowest BCUT2D eigenvalue weighted by molar-refractivity contribution is -0.154. The average molecular weight is 304 g/mol. The lowest BCUT2D eigenvalue weighted by atomic mass is 10.1. The Hall–Kier alpha value is -1.69. The van der Waals surface area contributed by atoms with E-state index in [-0.39, 0.29) is 24.8 Å². The molecule has 118 valence electrons. The molecule has 1 aromatic carbocycles. The summed E-state index contributed by atoms with van der Waals surface area (Å²) >= 11 is 0. The monoisotopic (exact) mass is 304 g/mol. The fraction of sp³-hybridized carbons (Fsp3) is 0.471. The Balaban J connectivity index is 1.72. The summed E-state index contributed by atoms with van der Waals surface area (Å²) < 4.78 is 22.5. The predicted molar refractivity (Wildman–Crippen MR) is 79.0 cm³/mol. The van der Waals surface area contributed by atoms with Crippen molar-refractivity contribution in [1.82, 2.24) is 0 Å². The zero-order valence-electron chi connectivity index (χ0n) is 12.8. The predicted octanol–water partition coefficient (Wildman–Crippen LogP) is 2.21. The van der Waals surface area contributed by atoms with E-state index in [1.165, 1.54) is 6.08 Å². The van der Waals surface area contributed by atoms with Crippen LogP contribution in [0.1, 0.15) is 19.4 Å². The molecule has 5 heteroatoms. The molecule has 2 heterocycles. The molecule has 0 saturated carbocycles. The number of hydrogen-bond donors (Lipinski definition) is 0. The first-order valence-electron chi connectivity index (χ1n) is 7.38. The van der Waals surface area contributed by atoms with Gasteiger partial charge in [-0.25, -0.2) is 4.79 Å². The topological polar surface area (TPSA) is 54.0 Å². The SMILES string of the molecule is CC1(C)OC[C@H]([C@H](OCc2ccccc2)C2=CC(=O)OC2)O1. The van der Waals surface area contributed by atoms with Gasteiger partial charge in [0.15, 0.2) is 5.79 Å². The molecule has 1 saturated heterocycles. The van der Waals surface area contributed by atoms with Crippen molar-refractivity contribution >= 4 is 5.97 Å². The minimum absolute atomic E-state index is 0.249. The third kappa shape index (κ3) is 3.55. The fourth-order valence-electron chi connectivity index (χ4n) is 2.63. The summed E-state index contributed by atoms with van der Waals surface area (Å²) in [6.45, 7) is 4.85. The molecule has 0 aromatic heterocycles. The molecule has 1 fully saturated rings. The van der Waals surface area contributed by atoms with Crippen LogP contribution in [0, 0.1) is 0 Å². The highest BCUT2D eigenvalue weighted by atomic mass is 16.7. The minimum atomic E-state index is -0.636. The van der Waals surface area contributed by atoms with E-state index >= 15 is 0 Å². The molecule has 1 aromatic rings. The van der Waals surface area contributed by atoms with E-state index in [9.17, 15) is 4.79 Å². The van der Waals surface area contributed by atoms with Crippen LogP contribution in [-0.2, 0) is 30.3 Å². The number of cyclic esters (lactones) is 1. The highest BCUT2D eigenvalue weighted by molar-refractivity contribution is 5.85. The Kier molecular flexibility index (Phi) is 4.29. The van der Waals surface area contributed by atoms with Crippen molar-refractivity contribution < 1.29 is 23.7 Å². The van der Waals surface area contributed by atoms with E-state index in [4.69, 9.17) is 18.9 Å². The molecule has 0 unspecified atom stereocenters. The van der Waals surface area contributed by atoms with Crippen LogP contribution in [0.2, 0.25) is 0 Å². The molecule has 3 rings (SSSR count). The number of ether oxygens (including phenoxy) is 4. The van der Waals surface area contributed by atoms with Gasteiger partial charge in [-0.15, -0.1) is 0 Å². The Morgan fingerprint density at radius 1 is 1.32 bits per heavy atom. The molecule has 0 aliphatic carbocycles. The van der Waals surface area contributed by atoms with Gasteiger partial charge in [0, 0.05) is 11.6 Å². The fourth-order valence-corrected chi connectivity index (χ4v) is 2.63. The molecule has 0 radical (unpaired) electrons. The van der Waals surface area contributed by atoms with Crippen molar-refractivity contribution in [2.45, 2.75) is 38.4 Å². The summed E-state index contributed by atoms with van der Waals surface area (Å²) in [6, 6.07) is 9.89. The highest BCUT2D eigenvalue weighted by Crippen LogP contribution is 2.30. The van der Waals surface area contributed by atoms with E-state index in [0.717, 1.165) is 11.1 Å². The van der Waals surface area contributed by atoms with E-state index in [1.807, 2.05) is 44.2 Å². The third-order valence-electron chi connectivity index (χ3n) is 3.69. The maximum absolute atomic E-state index is 11.3. The maximum atomic E-state index is 11.3. The second kappa shape index (κ2) is 6.20. The molecule has 2 aliphatic rings. The van der Waals surface area contributed by atoms with Crippen LogP contribution in [0.15, 0.2) is 42.0 Å². The Bertz CT molecular complexity index is 564. The van der Waals surface area contributed by atoms with E-state index in [1.54, 1.807) is 0 Å². The molecule has 0 amide bonds. The van der Waals surface area contributed by atoms with Gasteiger partial charge in [0.1, 0.15) is 18.8 Å². The number of carbonyl (C=O) groups is 1. The first kappa shape index (κ1) is 15.2. The molecular weight excluding hydrogens is 284 g/mol. The Labute approximate surface area is 129 Å². The average Bonchev–Trinajstić information content (AvgIpc) is 3.07. The quantitative estimate of drug-likeness (QED) is 0.781. The highest BCUT2D eigenvalue weighted by Gasteiger charge is 2.40. The number of carbonyl (C=O) groups excluding carboxylic acids is 1. The lowest BCUT2D eigenvalue weighted by Crippen LogP contribution is -2.35. The molecule has 5 nitrogen and oxygen atoms in total. The third-order valence-corrected chi connectivity index (χ3v) is 3.69. The molecule has 0 N–H and O–H groups in total. The number of rotatable bonds is 5. The van der Waals surface area contributed by atoms with Crippen molar-refractivity contribution in [3.63, 3.8) is 0 Å². The second-order valence-corrected chi connectivity index (χ2v) is 5.91. The Morgan fingerprint density at radius 3 is 2.68 bits per heavy atom. The number of hydrogen-bond acceptors (Lipinski definition) is 5. The summed E-state index contributed by atoms with van der Waals surface area (Å²) in [5.41, 5.74) is 1.86. The van der Waals surface area contributed by atoms with E-state index < -0.39 is 5.79 Å². The van der Waals surface area contributed by atoms with Crippen molar-refractivity contribution in [1.29, 1.82) is 0 Å². The maximum Gasteiger partial charge on any atom is 0.331 e. The van der Waals surface area contributed by atoms with Gasteiger partial charge < -0.3 is 18.9 Å². The Morgan fingerprint density at radius 2 is 2.09 bits per heavy atom. The second-order valence-electron chi connectivity index (χ2n) is 5.91. The zero-order chi connectivity index (χ0) is 15.6. The largest absolute Gasteiger partial charge is 0.458 e. The standard InChI is InChI=1S/C17H20O5/c1-17(2)21-11-14(22-17)16(13-8-15(18)19-10-13)20-9-12-6-4-3-5-7-12/h3-8,14,16H,9-11H2,1-2H3/t14-,16-/m1/s1. The van der Waals surface area contributed by atoms with E-state index in [2.05, 4.69) is 0 Å². The van der Waals surface area contributed by atoms with E-state index in [0.29, 0.717) is 13.2 Å². The van der Waals surface area contributed by atoms with Crippen LogP contribution in [-0.4, -0.2) is 37.2 Å². The number of benzene rings is 1. The normalized spacial score (nSPS) is 24.9. The van der Waals surface area contributed by atoms with Gasteiger partial charge in [-0.1, -0.05) is 30.3 Å². The summed E-state index contributed by atoms with van der Waals surface area (Å²) in [5, 5.41) is 0. The summed E-state index contributed by atoms with van der Waals surface area (Å²) in [4.78, 5) is 11.3. The summed E-state index contributed by atoms with van der Waals surface area (Å²) in [5.74, 6) is -0.968. The van der Waals surface area contributed by atoms with Gasteiger partial charge >= 0.3 is 5.97 Å². The van der Waals surface area contributed by atoms with Gasteiger partial charge in [-0.2, -0.15) is 0 Å². The van der Waals surface area contributed by atoms with Gasteiger partial charge in [0.2, 0.25) is 0 Å². The molecule has 2 aliphatic heterocycles. The van der Waals surface area contributed by atoms with Crippen molar-refractivity contribution in [3.8, 4) is 0 Å². The molecule has 0 bridgehead atoms. The van der Waals surface area contributed by atoms with Crippen molar-refractivity contribution in [2.24, 2.45) is 0 Å². The van der Waals surface area contributed by atoms with Crippen molar-refractivity contribution in [2.75, 3.05) is 13.2 Å². The first-order chi connectivity index (χ1) is 10.5. The van der Waals surface area contributed by atoms with Crippen LogP contribution in [0.3, 0.4) is 0 Å². The lowest BCUT2D eigenvalue weighted by Gasteiger charge is -2.25. The van der Waals surface area contributed by atoms with Gasteiger partial charge in [-0.3, -0.25) is 0 Å². The van der Waals surface area contributed by atoms with Crippen LogP contribution in [0.4, 0.5) is 0 Å². The minimum Gasteiger partial charge on any atom is -0.458 e. The van der Waals surface area contributed by atoms with Crippen LogP contribution in [0.5, 0.6) is 0 Å². The molecule has 0 spiro atoms. The van der Waals surface area contributed by atoms with Crippen LogP contribution in [0.25, 0.3) is 0 Å². The molecule has 22 heavy (non-hydrogen) atoms. The van der Waals surface area contributed by atoms with Gasteiger partial charge in [-0.05, 0) is 19.4 Å². The van der Waals surface area contributed by atoms with Crippen molar-refractivity contribution in [3.05, 3.63) is 47.5 Å². The molecular formula is C17H20O5. The summed E-state index contributed by atoms with van der Waals surface area (Å²) in [6.07, 6.45) is 0.887.